The average molecular weight is 696 g/mol. The Morgan fingerprint density at radius 1 is 1.19 bits per heavy atom. The van der Waals surface area contributed by atoms with Gasteiger partial charge in [-0.3, -0.25) is 9.36 Å². The number of carbonyl (C=O) groups is 1. The van der Waals surface area contributed by atoms with Gasteiger partial charge in [0.1, 0.15) is 11.9 Å². The molecule has 0 unspecified atom stereocenters. The number of rotatable bonds is 8. The van der Waals surface area contributed by atoms with E-state index in [1.807, 2.05) is 42.5 Å². The minimum atomic E-state index is -0.908. The molecule has 212 valence electrons. The molecule has 1 aromatic heterocycles. The van der Waals surface area contributed by atoms with Gasteiger partial charge in [0.25, 0.3) is 5.56 Å². The molecular formula is C31H23FIN3O5S. The number of aromatic nitrogens is 1. The lowest BCUT2D eigenvalue weighted by Crippen LogP contribution is -2.40. The van der Waals surface area contributed by atoms with Crippen molar-refractivity contribution in [3.8, 4) is 17.6 Å². The molecule has 1 aliphatic rings. The van der Waals surface area contributed by atoms with Crippen molar-refractivity contribution in [2.75, 3.05) is 20.3 Å². The summed E-state index contributed by atoms with van der Waals surface area (Å²) in [7, 11) is 1.49. The van der Waals surface area contributed by atoms with E-state index in [2.05, 4.69) is 22.6 Å². The second-order valence-electron chi connectivity index (χ2n) is 8.96. The maximum atomic E-state index is 14.0. The van der Waals surface area contributed by atoms with Gasteiger partial charge in [0.15, 0.2) is 22.9 Å². The molecule has 0 fully saturated rings. The Morgan fingerprint density at radius 3 is 2.60 bits per heavy atom. The molecule has 2 heterocycles. The van der Waals surface area contributed by atoms with E-state index in [1.54, 1.807) is 31.2 Å². The molecule has 8 nitrogen and oxygen atoms in total. The number of ether oxygens (including phenoxy) is 3. The number of esters is 1. The predicted octanol–water partition coefficient (Wildman–Crippen LogP) is 4.59. The number of nitrogens with zero attached hydrogens (tertiary/aromatic N) is 3. The fourth-order valence-corrected chi connectivity index (χ4v) is 6.40. The van der Waals surface area contributed by atoms with Crippen LogP contribution in [0.2, 0.25) is 0 Å². The Hall–Kier alpha value is -4.28. The topological polar surface area (TPSA) is 103 Å². The van der Waals surface area contributed by atoms with E-state index in [0.717, 1.165) is 0 Å². The molecule has 11 heteroatoms. The molecule has 0 N–H and O–H groups in total. The third-order valence-corrected chi connectivity index (χ3v) is 8.17. The number of methoxy groups -OCH3 is 1. The van der Waals surface area contributed by atoms with Gasteiger partial charge in [-0.05, 0) is 71.0 Å². The Labute approximate surface area is 257 Å². The number of fused-ring (bicyclic) bond motifs is 1. The normalized spacial score (nSPS) is 14.5. The molecule has 1 aliphatic heterocycles. The standard InChI is InChI=1S/C31H23FIN3O5S/c1-3-40-30(38)25-26(19-7-5-4-6-8-19)35-31-36(27(25)20-9-11-21(32)12-10-20)29(37)24(42-31)17-18-15-22(33)28(41-14-13-34)23(16-18)39-2/h4-12,15-17,27H,3,14H2,1-2H3/b24-17-/t27-/m1/s1. The van der Waals surface area contributed by atoms with E-state index in [1.165, 1.54) is 35.1 Å². The lowest BCUT2D eigenvalue weighted by Gasteiger charge is -2.25. The molecule has 0 spiro atoms. The molecule has 0 radical (unpaired) electrons. The first-order valence-electron chi connectivity index (χ1n) is 12.8. The molecule has 0 saturated heterocycles. The van der Waals surface area contributed by atoms with Crippen LogP contribution >= 0.6 is 33.9 Å². The highest BCUT2D eigenvalue weighted by Crippen LogP contribution is 2.36. The first-order chi connectivity index (χ1) is 20.4. The van der Waals surface area contributed by atoms with Crippen LogP contribution in [0.1, 0.15) is 29.7 Å². The van der Waals surface area contributed by atoms with Crippen LogP contribution in [0.5, 0.6) is 11.5 Å². The summed E-state index contributed by atoms with van der Waals surface area (Å²) in [6.07, 6.45) is 1.71. The van der Waals surface area contributed by atoms with Crippen molar-refractivity contribution in [3.05, 3.63) is 118 Å². The third-order valence-electron chi connectivity index (χ3n) is 6.39. The van der Waals surface area contributed by atoms with Crippen LogP contribution in [-0.2, 0) is 9.53 Å². The van der Waals surface area contributed by atoms with E-state index in [0.29, 0.717) is 46.8 Å². The number of halogens is 2. The fourth-order valence-electron chi connectivity index (χ4n) is 4.62. The van der Waals surface area contributed by atoms with Crippen molar-refractivity contribution in [2.24, 2.45) is 4.99 Å². The summed E-state index contributed by atoms with van der Waals surface area (Å²) in [5.41, 5.74) is 2.07. The summed E-state index contributed by atoms with van der Waals surface area (Å²) in [6.45, 7) is 1.69. The van der Waals surface area contributed by atoms with E-state index >= 15 is 0 Å². The van der Waals surface area contributed by atoms with E-state index in [-0.39, 0.29) is 24.3 Å². The molecule has 42 heavy (non-hydrogen) atoms. The molecule has 0 saturated carbocycles. The average Bonchev–Trinajstić information content (AvgIpc) is 3.30. The Kier molecular flexibility index (Phi) is 8.84. The largest absolute Gasteiger partial charge is 0.493 e. The minimum Gasteiger partial charge on any atom is -0.493 e. The summed E-state index contributed by atoms with van der Waals surface area (Å²) in [6, 6.07) is 19.4. The number of hydrogen-bond acceptors (Lipinski definition) is 8. The van der Waals surface area contributed by atoms with Crippen molar-refractivity contribution in [1.29, 1.82) is 5.26 Å². The molecule has 0 bridgehead atoms. The molecule has 3 aromatic carbocycles. The highest BCUT2D eigenvalue weighted by Gasteiger charge is 2.35. The zero-order chi connectivity index (χ0) is 29.8. The number of nitriles is 1. The molecular weight excluding hydrogens is 672 g/mol. The molecule has 1 atom stereocenters. The Bertz CT molecular complexity index is 1910. The summed E-state index contributed by atoms with van der Waals surface area (Å²) in [5.74, 6) is -0.213. The van der Waals surface area contributed by atoms with Crippen LogP contribution < -0.4 is 24.4 Å². The van der Waals surface area contributed by atoms with Crippen LogP contribution in [0, 0.1) is 20.7 Å². The second-order valence-corrected chi connectivity index (χ2v) is 11.1. The maximum Gasteiger partial charge on any atom is 0.338 e. The summed E-state index contributed by atoms with van der Waals surface area (Å²) >= 11 is 3.25. The van der Waals surface area contributed by atoms with Gasteiger partial charge in [0, 0.05) is 5.56 Å². The lowest BCUT2D eigenvalue weighted by molar-refractivity contribution is -0.138. The summed E-state index contributed by atoms with van der Waals surface area (Å²) < 4.78 is 32.9. The van der Waals surface area contributed by atoms with Gasteiger partial charge in [0.2, 0.25) is 0 Å². The fraction of sp³-hybridized carbons (Fsp3) is 0.161. The summed E-state index contributed by atoms with van der Waals surface area (Å²) in [4.78, 5) is 32.7. The third kappa shape index (κ3) is 5.73. The quantitative estimate of drug-likeness (QED) is 0.198. The van der Waals surface area contributed by atoms with Gasteiger partial charge < -0.3 is 14.2 Å². The van der Waals surface area contributed by atoms with Crippen LogP contribution in [-0.4, -0.2) is 30.9 Å². The van der Waals surface area contributed by atoms with Gasteiger partial charge in [-0.25, -0.2) is 14.2 Å². The first-order valence-corrected chi connectivity index (χ1v) is 14.7. The van der Waals surface area contributed by atoms with Gasteiger partial charge in [-0.15, -0.1) is 0 Å². The second kappa shape index (κ2) is 12.7. The molecule has 5 rings (SSSR count). The predicted molar refractivity (Wildman–Crippen MR) is 164 cm³/mol. The number of hydrogen-bond donors (Lipinski definition) is 0. The van der Waals surface area contributed by atoms with Crippen molar-refractivity contribution in [1.82, 2.24) is 4.57 Å². The number of benzene rings is 3. The zero-order valence-corrected chi connectivity index (χ0v) is 25.4. The van der Waals surface area contributed by atoms with Crippen molar-refractivity contribution in [3.63, 3.8) is 0 Å². The maximum absolute atomic E-state index is 14.0. The van der Waals surface area contributed by atoms with Gasteiger partial charge >= 0.3 is 5.97 Å². The first kappa shape index (κ1) is 29.2. The van der Waals surface area contributed by atoms with Crippen LogP contribution in [0.25, 0.3) is 11.8 Å². The minimum absolute atomic E-state index is 0.125. The zero-order valence-electron chi connectivity index (χ0n) is 22.5. The van der Waals surface area contributed by atoms with Crippen LogP contribution in [0.3, 0.4) is 0 Å². The number of thiazole rings is 1. The van der Waals surface area contributed by atoms with E-state index < -0.39 is 17.8 Å². The number of carbonyl (C=O) groups excluding carboxylic acids is 1. The molecule has 4 aromatic rings. The van der Waals surface area contributed by atoms with Crippen molar-refractivity contribution < 1.29 is 23.4 Å². The van der Waals surface area contributed by atoms with Crippen LogP contribution in [0.4, 0.5) is 4.39 Å². The van der Waals surface area contributed by atoms with Gasteiger partial charge in [-0.1, -0.05) is 53.8 Å². The summed E-state index contributed by atoms with van der Waals surface area (Å²) in [5, 5.41) is 8.91. The highest BCUT2D eigenvalue weighted by atomic mass is 127. The lowest BCUT2D eigenvalue weighted by atomic mass is 9.93. The van der Waals surface area contributed by atoms with Crippen LogP contribution in [0.15, 0.2) is 82.1 Å². The SMILES string of the molecule is CCOC(=O)C1=C(c2ccccc2)N=c2s/c(=C\c3cc(I)c(OCC#N)c(OC)c3)c(=O)n2[C@@H]1c1ccc(F)cc1. The van der Waals surface area contributed by atoms with Crippen molar-refractivity contribution >= 4 is 51.7 Å². The Morgan fingerprint density at radius 2 is 1.93 bits per heavy atom. The smallest absolute Gasteiger partial charge is 0.338 e. The van der Waals surface area contributed by atoms with Crippen molar-refractivity contribution in [2.45, 2.75) is 13.0 Å². The van der Waals surface area contributed by atoms with Gasteiger partial charge in [0.05, 0.1) is 39.1 Å². The van der Waals surface area contributed by atoms with E-state index in [4.69, 9.17) is 24.5 Å². The molecule has 0 aliphatic carbocycles. The molecule has 0 amide bonds. The highest BCUT2D eigenvalue weighted by molar-refractivity contribution is 14.1. The van der Waals surface area contributed by atoms with E-state index in [9.17, 15) is 14.0 Å². The van der Waals surface area contributed by atoms with Gasteiger partial charge in [-0.2, -0.15) is 5.26 Å². The monoisotopic (exact) mass is 695 g/mol. The Balaban J connectivity index is 1.77.